The highest BCUT2D eigenvalue weighted by molar-refractivity contribution is 6.06. The Morgan fingerprint density at radius 1 is 1.13 bits per heavy atom. The lowest BCUT2D eigenvalue weighted by Crippen LogP contribution is -2.15. The zero-order valence-electron chi connectivity index (χ0n) is 13.7. The van der Waals surface area contributed by atoms with E-state index in [1.165, 1.54) is 13.2 Å². The second-order valence-electron chi connectivity index (χ2n) is 6.29. The van der Waals surface area contributed by atoms with Crippen LogP contribution in [0.5, 0.6) is 17.2 Å². The highest BCUT2D eigenvalue weighted by Gasteiger charge is 2.23. The summed E-state index contributed by atoms with van der Waals surface area (Å²) in [4.78, 5) is 12.4. The van der Waals surface area contributed by atoms with Crippen molar-refractivity contribution in [3.63, 3.8) is 0 Å². The van der Waals surface area contributed by atoms with Crippen LogP contribution in [0, 0.1) is 0 Å². The molecule has 0 saturated carbocycles. The number of rotatable bonds is 3. The molecule has 0 fully saturated rings. The van der Waals surface area contributed by atoms with Gasteiger partial charge in [-0.25, -0.2) is 0 Å². The first-order valence-electron chi connectivity index (χ1n) is 7.25. The molecule has 0 saturated heterocycles. The highest BCUT2D eigenvalue weighted by Crippen LogP contribution is 2.41. The fourth-order valence-electron chi connectivity index (χ4n) is 2.26. The molecule has 0 aliphatic carbocycles. The van der Waals surface area contributed by atoms with E-state index in [0.29, 0.717) is 16.9 Å². The van der Waals surface area contributed by atoms with Crippen molar-refractivity contribution in [3.05, 3.63) is 47.5 Å². The van der Waals surface area contributed by atoms with Crippen LogP contribution >= 0.6 is 0 Å². The zero-order valence-corrected chi connectivity index (χ0v) is 13.7. The van der Waals surface area contributed by atoms with Gasteiger partial charge in [-0.3, -0.25) is 4.79 Å². The van der Waals surface area contributed by atoms with E-state index in [-0.39, 0.29) is 22.6 Å². The maximum absolute atomic E-state index is 12.4. The number of aromatic hydroxyl groups is 2. The van der Waals surface area contributed by atoms with Crippen molar-refractivity contribution in [2.45, 2.75) is 26.2 Å². The first-order chi connectivity index (χ1) is 10.7. The lowest BCUT2D eigenvalue weighted by Gasteiger charge is -2.22. The molecule has 2 rings (SSSR count). The number of methoxy groups -OCH3 is 1. The molecule has 122 valence electrons. The number of phenols is 2. The molecule has 0 atom stereocenters. The topological polar surface area (TPSA) is 78.8 Å². The molecule has 3 N–H and O–H groups in total. The van der Waals surface area contributed by atoms with Crippen LogP contribution in [0.1, 0.15) is 36.7 Å². The minimum atomic E-state index is -0.444. The van der Waals surface area contributed by atoms with Crippen LogP contribution < -0.4 is 10.1 Å². The number of hydrogen-bond donors (Lipinski definition) is 3. The van der Waals surface area contributed by atoms with Crippen molar-refractivity contribution in [2.24, 2.45) is 0 Å². The van der Waals surface area contributed by atoms with Crippen molar-refractivity contribution < 1.29 is 19.7 Å². The number of ether oxygens (including phenoxy) is 1. The minimum absolute atomic E-state index is 0.00486. The molecule has 0 unspecified atom stereocenters. The molecule has 23 heavy (non-hydrogen) atoms. The average Bonchev–Trinajstić information content (AvgIpc) is 2.49. The third kappa shape index (κ3) is 3.56. The lowest BCUT2D eigenvalue weighted by atomic mass is 9.86. The molecule has 5 heteroatoms. The number of carbonyl (C=O) groups excluding carboxylic acids is 1. The quantitative estimate of drug-likeness (QED) is 0.755. The predicted octanol–water partition coefficient (Wildman–Crippen LogP) is 3.66. The molecule has 5 nitrogen and oxygen atoms in total. The van der Waals surface area contributed by atoms with Crippen LogP contribution in [0.4, 0.5) is 5.69 Å². The second-order valence-corrected chi connectivity index (χ2v) is 6.29. The van der Waals surface area contributed by atoms with Gasteiger partial charge in [-0.05, 0) is 29.7 Å². The van der Waals surface area contributed by atoms with Crippen molar-refractivity contribution in [3.8, 4) is 17.2 Å². The Kier molecular flexibility index (Phi) is 4.50. The Labute approximate surface area is 135 Å². The molecule has 0 radical (unpaired) electrons. The molecule has 0 aliphatic heterocycles. The summed E-state index contributed by atoms with van der Waals surface area (Å²) in [5.41, 5.74) is 0.679. The van der Waals surface area contributed by atoms with Crippen molar-refractivity contribution in [1.82, 2.24) is 0 Å². The third-order valence-corrected chi connectivity index (χ3v) is 3.53. The van der Waals surface area contributed by atoms with Crippen LogP contribution in [-0.4, -0.2) is 23.2 Å². The van der Waals surface area contributed by atoms with Gasteiger partial charge in [-0.15, -0.1) is 0 Å². The lowest BCUT2D eigenvalue weighted by molar-refractivity contribution is 0.102. The van der Waals surface area contributed by atoms with Crippen LogP contribution in [-0.2, 0) is 5.41 Å². The molecule has 2 aromatic carbocycles. The number of hydrogen-bond acceptors (Lipinski definition) is 4. The molecule has 0 aliphatic rings. The van der Waals surface area contributed by atoms with E-state index < -0.39 is 5.91 Å². The average molecular weight is 315 g/mol. The van der Waals surface area contributed by atoms with Gasteiger partial charge in [0.15, 0.2) is 0 Å². The fraction of sp³-hybridized carbons (Fsp3) is 0.278. The van der Waals surface area contributed by atoms with Crippen molar-refractivity contribution in [1.29, 1.82) is 0 Å². The summed E-state index contributed by atoms with van der Waals surface area (Å²) in [5.74, 6) is -0.212. The summed E-state index contributed by atoms with van der Waals surface area (Å²) >= 11 is 0. The minimum Gasteiger partial charge on any atom is -0.506 e. The van der Waals surface area contributed by atoms with Gasteiger partial charge in [-0.2, -0.15) is 0 Å². The summed E-state index contributed by atoms with van der Waals surface area (Å²) < 4.78 is 5.09. The van der Waals surface area contributed by atoms with E-state index >= 15 is 0 Å². The van der Waals surface area contributed by atoms with Crippen LogP contribution in [0.3, 0.4) is 0 Å². The Morgan fingerprint density at radius 3 is 2.43 bits per heavy atom. The van der Waals surface area contributed by atoms with Gasteiger partial charge in [0.05, 0.1) is 7.11 Å². The molecule has 0 bridgehead atoms. The Hall–Kier alpha value is -2.69. The van der Waals surface area contributed by atoms with E-state index in [2.05, 4.69) is 5.32 Å². The molecule has 2 aromatic rings. The highest BCUT2D eigenvalue weighted by atomic mass is 16.5. The Bertz CT molecular complexity index is 732. The summed E-state index contributed by atoms with van der Waals surface area (Å²) in [7, 11) is 1.52. The van der Waals surface area contributed by atoms with Gasteiger partial charge in [0.1, 0.15) is 22.9 Å². The van der Waals surface area contributed by atoms with Gasteiger partial charge in [-0.1, -0.05) is 32.9 Å². The maximum atomic E-state index is 12.4. The number of phenolic OH excluding ortho intramolecular Hbond substituents is 2. The standard InChI is InChI=1S/C18H21NO4/c1-18(2,3)13-8-9-14(20)15(16(13)21)19-17(22)11-6-5-7-12(10-11)23-4/h5-10,20-21H,1-4H3,(H,19,22). The molecular formula is C18H21NO4. The van der Waals surface area contributed by atoms with E-state index in [0.717, 1.165) is 0 Å². The monoisotopic (exact) mass is 315 g/mol. The largest absolute Gasteiger partial charge is 0.506 e. The zero-order chi connectivity index (χ0) is 17.2. The molecule has 0 aromatic heterocycles. The smallest absolute Gasteiger partial charge is 0.256 e. The van der Waals surface area contributed by atoms with Gasteiger partial charge < -0.3 is 20.3 Å². The van der Waals surface area contributed by atoms with Crippen molar-refractivity contribution in [2.75, 3.05) is 12.4 Å². The van der Waals surface area contributed by atoms with E-state index in [4.69, 9.17) is 4.74 Å². The van der Waals surface area contributed by atoms with Crippen LogP contribution in [0.2, 0.25) is 0 Å². The van der Waals surface area contributed by atoms with Crippen LogP contribution in [0.15, 0.2) is 36.4 Å². The van der Waals surface area contributed by atoms with Crippen molar-refractivity contribution >= 4 is 11.6 Å². The number of amides is 1. The maximum Gasteiger partial charge on any atom is 0.256 e. The van der Waals surface area contributed by atoms with Gasteiger partial charge in [0, 0.05) is 11.1 Å². The first-order valence-corrected chi connectivity index (χ1v) is 7.25. The number of benzene rings is 2. The first kappa shape index (κ1) is 16.7. The van der Waals surface area contributed by atoms with Gasteiger partial charge in [0.25, 0.3) is 5.91 Å². The van der Waals surface area contributed by atoms with Crippen LogP contribution in [0.25, 0.3) is 0 Å². The Balaban J connectivity index is 2.37. The third-order valence-electron chi connectivity index (χ3n) is 3.53. The molecule has 0 heterocycles. The SMILES string of the molecule is COc1cccc(C(=O)Nc2c(O)ccc(C(C)(C)C)c2O)c1. The van der Waals surface area contributed by atoms with Gasteiger partial charge in [0.2, 0.25) is 0 Å². The predicted molar refractivity (Wildman–Crippen MR) is 89.4 cm³/mol. The number of nitrogens with one attached hydrogen (secondary N) is 1. The Morgan fingerprint density at radius 2 is 1.83 bits per heavy atom. The second kappa shape index (κ2) is 6.20. The van der Waals surface area contributed by atoms with Gasteiger partial charge >= 0.3 is 0 Å². The van der Waals surface area contributed by atoms with E-state index in [1.807, 2.05) is 20.8 Å². The summed E-state index contributed by atoms with van der Waals surface area (Å²) in [5, 5.41) is 22.9. The summed E-state index contributed by atoms with van der Waals surface area (Å²) in [6.07, 6.45) is 0. The number of carbonyl (C=O) groups is 1. The van der Waals surface area contributed by atoms with E-state index in [1.54, 1.807) is 30.3 Å². The normalized spacial score (nSPS) is 11.1. The molecule has 0 spiro atoms. The summed E-state index contributed by atoms with van der Waals surface area (Å²) in [6.45, 7) is 5.81. The number of anilines is 1. The fourth-order valence-corrected chi connectivity index (χ4v) is 2.26. The molecule has 1 amide bonds. The summed E-state index contributed by atoms with van der Waals surface area (Å²) in [6, 6.07) is 9.73. The molecular weight excluding hydrogens is 294 g/mol. The van der Waals surface area contributed by atoms with E-state index in [9.17, 15) is 15.0 Å².